The zero-order valence-electron chi connectivity index (χ0n) is 18.3. The van der Waals surface area contributed by atoms with E-state index in [1.807, 2.05) is 0 Å². The van der Waals surface area contributed by atoms with Gasteiger partial charge in [-0.15, -0.1) is 34.9 Å². The van der Waals surface area contributed by atoms with Gasteiger partial charge in [-0.3, -0.25) is 9.59 Å². The van der Waals surface area contributed by atoms with E-state index in [1.54, 1.807) is 0 Å². The van der Waals surface area contributed by atoms with Crippen molar-refractivity contribution in [1.82, 2.24) is 0 Å². The summed E-state index contributed by atoms with van der Waals surface area (Å²) in [6, 6.07) is 0. The summed E-state index contributed by atoms with van der Waals surface area (Å²) in [5, 5.41) is 3.29. The Balaban J connectivity index is 1.19. The lowest BCUT2D eigenvalue weighted by Gasteiger charge is -2.51. The maximum Gasteiger partial charge on any atom is 0.341 e. The van der Waals surface area contributed by atoms with Crippen molar-refractivity contribution in [3.05, 3.63) is 16.0 Å². The van der Waals surface area contributed by atoms with Crippen LogP contribution in [0.4, 0.5) is 5.00 Å². The molecule has 1 spiro atoms. The average molecular weight is 496 g/mol. The molecule has 3 fully saturated rings. The number of fused-ring (bicyclic) bond motifs is 1. The molecule has 2 heterocycles. The van der Waals surface area contributed by atoms with Gasteiger partial charge in [-0.1, -0.05) is 6.42 Å². The fraction of sp³-hybridized carbons (Fsp3) is 0.696. The first-order valence-corrected chi connectivity index (χ1v) is 14.3. The molecule has 9 heteroatoms. The van der Waals surface area contributed by atoms with Gasteiger partial charge in [0.25, 0.3) is 5.91 Å². The van der Waals surface area contributed by atoms with E-state index in [4.69, 9.17) is 9.47 Å². The van der Waals surface area contributed by atoms with Gasteiger partial charge in [-0.25, -0.2) is 4.79 Å². The van der Waals surface area contributed by atoms with E-state index in [0.717, 1.165) is 42.5 Å². The molecular formula is C23H29NO5S3. The van der Waals surface area contributed by atoms with Crippen molar-refractivity contribution in [3.8, 4) is 0 Å². The first-order valence-electron chi connectivity index (χ1n) is 11.5. The molecular weight excluding hydrogens is 466 g/mol. The van der Waals surface area contributed by atoms with Crippen LogP contribution in [0.2, 0.25) is 0 Å². The van der Waals surface area contributed by atoms with Crippen molar-refractivity contribution < 1.29 is 23.9 Å². The maximum atomic E-state index is 12.8. The summed E-state index contributed by atoms with van der Waals surface area (Å²) in [6.07, 6.45) is 8.15. The number of methoxy groups -OCH3 is 1. The molecule has 1 saturated heterocycles. The first kappa shape index (κ1) is 22.6. The second-order valence-electron chi connectivity index (χ2n) is 9.12. The van der Waals surface area contributed by atoms with Crippen molar-refractivity contribution in [1.29, 1.82) is 0 Å². The van der Waals surface area contributed by atoms with Crippen molar-refractivity contribution in [2.24, 2.45) is 17.8 Å². The first-order chi connectivity index (χ1) is 15.5. The fourth-order valence-electron chi connectivity index (χ4n) is 6.03. The molecule has 1 N–H and O–H groups in total. The molecule has 32 heavy (non-hydrogen) atoms. The Hall–Kier alpha value is -1.19. The molecule has 2 saturated carbocycles. The van der Waals surface area contributed by atoms with Crippen molar-refractivity contribution in [2.45, 2.75) is 55.4 Å². The largest absolute Gasteiger partial charge is 0.465 e. The van der Waals surface area contributed by atoms with E-state index < -0.39 is 11.9 Å². The number of carbonyl (C=O) groups excluding carboxylic acids is 3. The van der Waals surface area contributed by atoms with E-state index in [9.17, 15) is 14.4 Å². The number of thioether (sulfide) groups is 2. The zero-order valence-corrected chi connectivity index (χ0v) is 20.7. The van der Waals surface area contributed by atoms with Crippen molar-refractivity contribution in [3.63, 3.8) is 0 Å². The van der Waals surface area contributed by atoms with Gasteiger partial charge >= 0.3 is 11.9 Å². The molecule has 174 valence electrons. The highest BCUT2D eigenvalue weighted by atomic mass is 32.2. The average Bonchev–Trinajstić information content (AvgIpc) is 3.48. The van der Waals surface area contributed by atoms with Gasteiger partial charge in [-0.2, -0.15) is 0 Å². The molecule has 3 aliphatic carbocycles. The Kier molecular flexibility index (Phi) is 6.51. The molecule has 0 aromatic carbocycles. The van der Waals surface area contributed by atoms with Gasteiger partial charge in [0.1, 0.15) is 5.00 Å². The minimum Gasteiger partial charge on any atom is -0.465 e. The van der Waals surface area contributed by atoms with Crippen LogP contribution in [0.15, 0.2) is 0 Å². The quantitative estimate of drug-likeness (QED) is 0.602. The van der Waals surface area contributed by atoms with Crippen LogP contribution in [-0.4, -0.2) is 47.1 Å². The molecule has 6 nitrogen and oxygen atoms in total. The monoisotopic (exact) mass is 495 g/mol. The van der Waals surface area contributed by atoms with E-state index in [2.05, 4.69) is 28.8 Å². The molecule has 2 bridgehead atoms. The Morgan fingerprint density at radius 2 is 1.78 bits per heavy atom. The molecule has 3 atom stereocenters. The summed E-state index contributed by atoms with van der Waals surface area (Å²) < 4.78 is 10.7. The van der Waals surface area contributed by atoms with Crippen LogP contribution in [0.3, 0.4) is 0 Å². The van der Waals surface area contributed by atoms with Crippen LogP contribution in [0, 0.1) is 17.8 Å². The number of anilines is 1. The van der Waals surface area contributed by atoms with Crippen LogP contribution < -0.4 is 5.32 Å². The number of nitrogens with one attached hydrogen (secondary N) is 1. The number of hydrogen-bond acceptors (Lipinski definition) is 8. The van der Waals surface area contributed by atoms with E-state index in [-0.39, 0.29) is 18.5 Å². The molecule has 4 aliphatic rings. The van der Waals surface area contributed by atoms with Gasteiger partial charge in [0.15, 0.2) is 6.61 Å². The lowest BCUT2D eigenvalue weighted by atomic mass is 9.67. The highest BCUT2D eigenvalue weighted by Crippen LogP contribution is 2.64. The molecule has 0 radical (unpaired) electrons. The molecule has 1 unspecified atom stereocenters. The van der Waals surface area contributed by atoms with Gasteiger partial charge < -0.3 is 14.8 Å². The maximum absolute atomic E-state index is 12.8. The third kappa shape index (κ3) is 3.98. The summed E-state index contributed by atoms with van der Waals surface area (Å²) in [5.41, 5.74) is 1.45. The number of ether oxygens (including phenoxy) is 2. The van der Waals surface area contributed by atoms with Crippen molar-refractivity contribution in [2.75, 3.05) is 30.5 Å². The van der Waals surface area contributed by atoms with E-state index in [0.29, 0.717) is 26.5 Å². The Bertz CT molecular complexity index is 907. The van der Waals surface area contributed by atoms with Crippen LogP contribution in [-0.2, 0) is 31.9 Å². The van der Waals surface area contributed by atoms with Crippen molar-refractivity contribution >= 4 is 57.7 Å². The smallest absolute Gasteiger partial charge is 0.341 e. The van der Waals surface area contributed by atoms with E-state index >= 15 is 0 Å². The second-order valence-corrected chi connectivity index (χ2v) is 13.2. The normalized spacial score (nSPS) is 27.7. The van der Waals surface area contributed by atoms with Gasteiger partial charge in [0.2, 0.25) is 0 Å². The number of rotatable bonds is 5. The second kappa shape index (κ2) is 9.22. The minimum absolute atomic E-state index is 0.110. The predicted molar refractivity (Wildman–Crippen MR) is 128 cm³/mol. The lowest BCUT2D eigenvalue weighted by Crippen LogP contribution is -2.48. The Labute approximate surface area is 200 Å². The minimum atomic E-state index is -0.429. The van der Waals surface area contributed by atoms with Gasteiger partial charge in [-0.05, 0) is 62.3 Å². The molecule has 1 aliphatic heterocycles. The van der Waals surface area contributed by atoms with Crippen LogP contribution in [0.1, 0.15) is 59.3 Å². The SMILES string of the molecule is COC(=O)c1c(NC(=O)COC(=O)C2C[C@H]3CCC[C@@H](C2)C32SCCS2)sc2c1CCC2. The number of amides is 1. The highest BCUT2D eigenvalue weighted by Gasteiger charge is 2.55. The van der Waals surface area contributed by atoms with Crippen LogP contribution in [0.5, 0.6) is 0 Å². The van der Waals surface area contributed by atoms with Crippen LogP contribution >= 0.6 is 34.9 Å². The predicted octanol–water partition coefficient (Wildman–Crippen LogP) is 4.51. The summed E-state index contributed by atoms with van der Waals surface area (Å²) in [4.78, 5) is 38.8. The molecule has 1 aromatic rings. The zero-order chi connectivity index (χ0) is 22.3. The fourth-order valence-corrected chi connectivity index (χ4v) is 11.3. The third-order valence-corrected chi connectivity index (χ3v) is 12.6. The number of carbonyl (C=O) groups is 3. The molecule has 1 amide bonds. The summed E-state index contributed by atoms with van der Waals surface area (Å²) in [5.74, 6) is 2.37. The highest BCUT2D eigenvalue weighted by molar-refractivity contribution is 8.21. The molecule has 1 aromatic heterocycles. The number of esters is 2. The van der Waals surface area contributed by atoms with E-state index in [1.165, 1.54) is 49.2 Å². The Morgan fingerprint density at radius 3 is 2.47 bits per heavy atom. The third-order valence-electron chi connectivity index (χ3n) is 7.36. The van der Waals surface area contributed by atoms with Crippen LogP contribution in [0.25, 0.3) is 0 Å². The summed E-state index contributed by atoms with van der Waals surface area (Å²) in [6.45, 7) is -0.317. The number of aryl methyl sites for hydroxylation is 1. The summed E-state index contributed by atoms with van der Waals surface area (Å²) in [7, 11) is 1.35. The number of hydrogen-bond donors (Lipinski definition) is 1. The lowest BCUT2D eigenvalue weighted by molar-refractivity contribution is -0.154. The molecule has 5 rings (SSSR count). The topological polar surface area (TPSA) is 81.7 Å². The standard InChI is InChI=1S/C23H29NO5S3/c1-28-22(27)19-16-6-3-7-17(16)32-20(19)24-18(25)12-29-21(26)13-10-14-4-2-5-15(11-13)23(14)30-8-9-31-23/h13-15H,2-12H2,1H3,(H,24,25)/t13?,14-,15+. The summed E-state index contributed by atoms with van der Waals surface area (Å²) >= 11 is 5.66. The number of thiophene rings is 1. The van der Waals surface area contributed by atoms with Gasteiger partial charge in [0, 0.05) is 16.4 Å². The Morgan fingerprint density at radius 1 is 1.06 bits per heavy atom. The van der Waals surface area contributed by atoms with Gasteiger partial charge in [0.05, 0.1) is 22.7 Å².